The van der Waals surface area contributed by atoms with Crippen LogP contribution in [0.5, 0.6) is 0 Å². The second-order valence-electron chi connectivity index (χ2n) is 4.17. The number of hydrogen-bond donors (Lipinski definition) is 0. The number of alkyl halides is 3. The van der Waals surface area contributed by atoms with E-state index in [0.717, 1.165) is 6.07 Å². The van der Waals surface area contributed by atoms with E-state index in [1.807, 2.05) is 0 Å². The van der Waals surface area contributed by atoms with E-state index in [4.69, 9.17) is 0 Å². The number of hydrogen-bond acceptors (Lipinski definition) is 1. The van der Waals surface area contributed by atoms with Crippen molar-refractivity contribution in [2.45, 2.75) is 6.18 Å². The minimum Gasteiger partial charge on any atom is -0.298 e. The summed E-state index contributed by atoms with van der Waals surface area (Å²) in [6.07, 6.45) is -2.63. The smallest absolute Gasteiger partial charge is 0.298 e. The molecule has 2 aromatic rings. The number of benzene rings is 2. The molecule has 0 aliphatic carbocycles. The lowest BCUT2D eigenvalue weighted by atomic mass is 10.0. The van der Waals surface area contributed by atoms with Crippen LogP contribution in [-0.2, 0) is 11.0 Å². The zero-order valence-electron chi connectivity index (χ0n) is 10.4. The van der Waals surface area contributed by atoms with Gasteiger partial charge in [0.2, 0.25) is 0 Å². The molecule has 2 rings (SSSR count). The summed E-state index contributed by atoms with van der Waals surface area (Å²) in [5.41, 5.74) is 0.0167. The van der Waals surface area contributed by atoms with Crippen molar-refractivity contribution in [1.82, 2.24) is 0 Å². The number of halogens is 3. The Balaban J connectivity index is 2.52. The molecule has 1 nitrogen and oxygen atoms in total. The van der Waals surface area contributed by atoms with Gasteiger partial charge >= 0.3 is 6.18 Å². The van der Waals surface area contributed by atoms with Gasteiger partial charge in [-0.25, -0.2) is 0 Å². The zero-order valence-corrected chi connectivity index (χ0v) is 10.4. The zero-order chi connectivity index (χ0) is 14.6. The van der Waals surface area contributed by atoms with Gasteiger partial charge in [-0.2, -0.15) is 13.2 Å². The van der Waals surface area contributed by atoms with Crippen molar-refractivity contribution in [2.75, 3.05) is 0 Å². The van der Waals surface area contributed by atoms with Crippen LogP contribution in [0.15, 0.2) is 54.6 Å². The van der Waals surface area contributed by atoms with Crippen LogP contribution in [0.2, 0.25) is 0 Å². The maximum atomic E-state index is 12.9. The molecule has 0 unspecified atom stereocenters. The highest BCUT2D eigenvalue weighted by Crippen LogP contribution is 2.33. The standard InChI is InChI=1S/C16H11F3O/c17-16(18,19)15-9-5-4-8-13(15)10-14(11-20)12-6-2-1-3-7-12/h1-11H. The number of rotatable bonds is 3. The van der Waals surface area contributed by atoms with E-state index < -0.39 is 11.7 Å². The van der Waals surface area contributed by atoms with Gasteiger partial charge < -0.3 is 0 Å². The first-order valence-electron chi connectivity index (χ1n) is 5.91. The normalized spacial score (nSPS) is 12.2. The molecule has 0 aliphatic heterocycles. The molecule has 0 radical (unpaired) electrons. The molecule has 0 saturated carbocycles. The van der Waals surface area contributed by atoms with Crippen molar-refractivity contribution in [3.8, 4) is 0 Å². The van der Waals surface area contributed by atoms with Crippen LogP contribution in [0.3, 0.4) is 0 Å². The van der Waals surface area contributed by atoms with Crippen molar-refractivity contribution in [3.63, 3.8) is 0 Å². The maximum absolute atomic E-state index is 12.9. The lowest BCUT2D eigenvalue weighted by Gasteiger charge is -2.10. The quantitative estimate of drug-likeness (QED) is 0.460. The van der Waals surface area contributed by atoms with Crippen molar-refractivity contribution in [2.24, 2.45) is 0 Å². The highest BCUT2D eigenvalue weighted by molar-refractivity contribution is 6.13. The van der Waals surface area contributed by atoms with Crippen molar-refractivity contribution >= 4 is 17.9 Å². The van der Waals surface area contributed by atoms with Crippen LogP contribution in [0.25, 0.3) is 11.6 Å². The van der Waals surface area contributed by atoms with E-state index in [2.05, 4.69) is 0 Å². The summed E-state index contributed by atoms with van der Waals surface area (Å²) in [7, 11) is 0. The van der Waals surface area contributed by atoms with E-state index in [1.165, 1.54) is 24.3 Å². The molecule has 0 bridgehead atoms. The molecule has 0 fully saturated rings. The summed E-state index contributed by atoms with van der Waals surface area (Å²) in [6.45, 7) is 0. The predicted octanol–water partition coefficient (Wildman–Crippen LogP) is 4.44. The maximum Gasteiger partial charge on any atom is 0.416 e. The third-order valence-corrected chi connectivity index (χ3v) is 2.81. The fourth-order valence-electron chi connectivity index (χ4n) is 1.86. The van der Waals surface area contributed by atoms with Gasteiger partial charge in [-0.1, -0.05) is 48.5 Å². The minimum absolute atomic E-state index is 0.0223. The van der Waals surface area contributed by atoms with E-state index in [9.17, 15) is 18.0 Å². The van der Waals surface area contributed by atoms with Crippen molar-refractivity contribution < 1.29 is 18.0 Å². The van der Waals surface area contributed by atoms with E-state index >= 15 is 0 Å². The minimum atomic E-state index is -4.45. The Morgan fingerprint density at radius 3 is 2.10 bits per heavy atom. The summed E-state index contributed by atoms with van der Waals surface area (Å²) in [5, 5.41) is 0. The van der Waals surface area contributed by atoms with Crippen LogP contribution in [0, 0.1) is 0 Å². The molecule has 2 aromatic carbocycles. The first kappa shape index (κ1) is 14.1. The van der Waals surface area contributed by atoms with E-state index in [-0.39, 0.29) is 11.1 Å². The Morgan fingerprint density at radius 2 is 1.50 bits per heavy atom. The van der Waals surface area contributed by atoms with Gasteiger partial charge in [0.25, 0.3) is 0 Å². The predicted molar refractivity (Wildman–Crippen MR) is 71.8 cm³/mol. The number of carbonyl (C=O) groups excluding carboxylic acids is 1. The Bertz CT molecular complexity index is 628. The van der Waals surface area contributed by atoms with Gasteiger partial charge in [0.05, 0.1) is 5.56 Å². The molecule has 0 aliphatic rings. The van der Waals surface area contributed by atoms with Crippen LogP contribution in [-0.4, -0.2) is 6.29 Å². The summed E-state index contributed by atoms with van der Waals surface area (Å²) in [4.78, 5) is 11.1. The third kappa shape index (κ3) is 3.15. The molecule has 0 heterocycles. The van der Waals surface area contributed by atoms with Gasteiger partial charge in [0.1, 0.15) is 0 Å². The van der Waals surface area contributed by atoms with Gasteiger partial charge in [0, 0.05) is 5.57 Å². The third-order valence-electron chi connectivity index (χ3n) is 2.81. The molecule has 4 heteroatoms. The Hall–Kier alpha value is -2.36. The van der Waals surface area contributed by atoms with Crippen molar-refractivity contribution in [3.05, 3.63) is 71.3 Å². The molecule has 102 valence electrons. The Kier molecular flexibility index (Phi) is 4.03. The highest BCUT2D eigenvalue weighted by Gasteiger charge is 2.32. The van der Waals surface area contributed by atoms with Gasteiger partial charge in [-0.05, 0) is 23.3 Å². The molecule has 0 spiro atoms. The average Bonchev–Trinajstić information content (AvgIpc) is 2.45. The Labute approximate surface area is 114 Å². The average molecular weight is 276 g/mol. The van der Waals surface area contributed by atoms with E-state index in [1.54, 1.807) is 30.3 Å². The summed E-state index contributed by atoms with van der Waals surface area (Å²) in [5.74, 6) is 0. The second-order valence-corrected chi connectivity index (χ2v) is 4.17. The molecule has 20 heavy (non-hydrogen) atoms. The number of carbonyl (C=O) groups is 1. The van der Waals surface area contributed by atoms with Gasteiger partial charge in [-0.3, -0.25) is 4.79 Å². The first-order chi connectivity index (χ1) is 9.52. The molecule has 0 N–H and O–H groups in total. The molecular weight excluding hydrogens is 265 g/mol. The molecule has 0 amide bonds. The summed E-state index contributed by atoms with van der Waals surface area (Å²) >= 11 is 0. The largest absolute Gasteiger partial charge is 0.416 e. The SMILES string of the molecule is O=CC(=Cc1ccccc1C(F)(F)F)c1ccccc1. The van der Waals surface area contributed by atoms with Gasteiger partial charge in [-0.15, -0.1) is 0 Å². The molecule has 0 aromatic heterocycles. The monoisotopic (exact) mass is 276 g/mol. The summed E-state index contributed by atoms with van der Waals surface area (Å²) < 4.78 is 38.7. The number of aldehydes is 1. The van der Waals surface area contributed by atoms with Gasteiger partial charge in [0.15, 0.2) is 6.29 Å². The highest BCUT2D eigenvalue weighted by atomic mass is 19.4. The number of allylic oxidation sites excluding steroid dienone is 1. The topological polar surface area (TPSA) is 17.1 Å². The lowest BCUT2D eigenvalue weighted by molar-refractivity contribution is -0.137. The second kappa shape index (κ2) is 5.74. The summed E-state index contributed by atoms with van der Waals surface area (Å²) in [6, 6.07) is 13.7. The Morgan fingerprint density at radius 1 is 0.900 bits per heavy atom. The van der Waals surface area contributed by atoms with Crippen LogP contribution in [0.1, 0.15) is 16.7 Å². The van der Waals surface area contributed by atoms with Crippen LogP contribution in [0.4, 0.5) is 13.2 Å². The molecule has 0 atom stereocenters. The molecular formula is C16H11F3O. The van der Waals surface area contributed by atoms with E-state index in [0.29, 0.717) is 11.8 Å². The van der Waals surface area contributed by atoms with Crippen molar-refractivity contribution in [1.29, 1.82) is 0 Å². The fraction of sp³-hybridized carbons (Fsp3) is 0.0625. The van der Waals surface area contributed by atoms with Crippen LogP contribution >= 0.6 is 0 Å². The lowest BCUT2D eigenvalue weighted by Crippen LogP contribution is -2.07. The first-order valence-corrected chi connectivity index (χ1v) is 5.91. The fourth-order valence-corrected chi connectivity index (χ4v) is 1.86. The van der Waals surface area contributed by atoms with Crippen LogP contribution < -0.4 is 0 Å². The molecule has 0 saturated heterocycles.